The molecule has 0 aromatic heterocycles. The smallest absolute Gasteiger partial charge is 0.310 e. The molecule has 1 saturated carbocycles. The summed E-state index contributed by atoms with van der Waals surface area (Å²) >= 11 is 3.46. The zero-order valence-corrected chi connectivity index (χ0v) is 17.1. The van der Waals surface area contributed by atoms with Crippen molar-refractivity contribution in [1.29, 1.82) is 0 Å². The molecule has 2 aromatic rings. The van der Waals surface area contributed by atoms with Gasteiger partial charge in [-0.3, -0.25) is 14.4 Å². The number of para-hydroxylation sites is 1. The minimum absolute atomic E-state index is 0.224. The lowest BCUT2D eigenvalue weighted by atomic mass is 9.87. The van der Waals surface area contributed by atoms with Crippen LogP contribution >= 0.6 is 15.9 Å². The van der Waals surface area contributed by atoms with Crippen LogP contribution in [-0.4, -0.2) is 32.8 Å². The van der Waals surface area contributed by atoms with Crippen molar-refractivity contribution >= 4 is 33.6 Å². The maximum absolute atomic E-state index is 12.5. The lowest BCUT2D eigenvalue weighted by Crippen LogP contribution is -2.28. The SMILES string of the molecule is COC(=O)C1C(C(=O)OC)C12CON(c1ccccc1)C2c1ccc(Br)cc1. The summed E-state index contributed by atoms with van der Waals surface area (Å²) in [6.07, 6.45) is 0. The highest BCUT2D eigenvalue weighted by atomic mass is 79.9. The van der Waals surface area contributed by atoms with Gasteiger partial charge in [0.25, 0.3) is 0 Å². The number of benzene rings is 2. The highest BCUT2D eigenvalue weighted by Crippen LogP contribution is 2.70. The zero-order chi connectivity index (χ0) is 19.9. The van der Waals surface area contributed by atoms with E-state index in [-0.39, 0.29) is 12.6 Å². The molecule has 0 amide bonds. The van der Waals surface area contributed by atoms with Crippen LogP contribution in [0.5, 0.6) is 0 Å². The molecule has 0 bridgehead atoms. The van der Waals surface area contributed by atoms with E-state index in [4.69, 9.17) is 14.3 Å². The van der Waals surface area contributed by atoms with Gasteiger partial charge in [0.05, 0.1) is 49.8 Å². The van der Waals surface area contributed by atoms with Gasteiger partial charge in [-0.15, -0.1) is 0 Å². The second kappa shape index (κ2) is 7.22. The standard InChI is InChI=1S/C21H20BrNO5/c1-26-19(24)16-17(20(25)27-2)21(16)12-28-23(15-6-4-3-5-7-15)18(21)13-8-10-14(22)11-9-13/h3-11,16-18H,12H2,1-2H3. The van der Waals surface area contributed by atoms with Crippen LogP contribution in [0.3, 0.4) is 0 Å². The molecule has 1 spiro atoms. The number of hydrogen-bond donors (Lipinski definition) is 0. The quantitative estimate of drug-likeness (QED) is 0.670. The van der Waals surface area contributed by atoms with Gasteiger partial charge in [0.2, 0.25) is 0 Å². The first-order valence-electron chi connectivity index (χ1n) is 8.93. The molecule has 7 heteroatoms. The van der Waals surface area contributed by atoms with Crippen LogP contribution < -0.4 is 5.06 Å². The zero-order valence-electron chi connectivity index (χ0n) is 15.5. The molecule has 1 heterocycles. The van der Waals surface area contributed by atoms with Crippen LogP contribution in [0.25, 0.3) is 0 Å². The van der Waals surface area contributed by atoms with Crippen LogP contribution in [0.15, 0.2) is 59.1 Å². The molecule has 0 radical (unpaired) electrons. The van der Waals surface area contributed by atoms with Gasteiger partial charge in [0, 0.05) is 4.47 Å². The van der Waals surface area contributed by atoms with Crippen molar-refractivity contribution in [3.05, 3.63) is 64.6 Å². The van der Waals surface area contributed by atoms with Gasteiger partial charge in [-0.25, -0.2) is 5.06 Å². The van der Waals surface area contributed by atoms with Crippen molar-refractivity contribution in [1.82, 2.24) is 0 Å². The molecule has 28 heavy (non-hydrogen) atoms. The van der Waals surface area contributed by atoms with Crippen molar-refractivity contribution in [2.75, 3.05) is 25.9 Å². The minimum atomic E-state index is -0.746. The third kappa shape index (κ3) is 2.81. The Labute approximate surface area is 171 Å². The van der Waals surface area contributed by atoms with E-state index in [2.05, 4.69) is 15.9 Å². The summed E-state index contributed by atoms with van der Waals surface area (Å²) < 4.78 is 10.9. The predicted octanol–water partition coefficient (Wildman–Crippen LogP) is 3.52. The Morgan fingerprint density at radius 1 is 1.00 bits per heavy atom. The number of methoxy groups -OCH3 is 2. The van der Waals surface area contributed by atoms with Gasteiger partial charge >= 0.3 is 11.9 Å². The Kier molecular flexibility index (Phi) is 4.89. The molecule has 2 aromatic carbocycles. The molecular formula is C21H20BrNO5. The Balaban J connectivity index is 1.83. The fourth-order valence-electron chi connectivity index (χ4n) is 4.39. The maximum atomic E-state index is 12.5. The first-order chi connectivity index (χ1) is 13.5. The molecule has 1 saturated heterocycles. The van der Waals surface area contributed by atoms with E-state index < -0.39 is 29.2 Å². The topological polar surface area (TPSA) is 65.1 Å². The Hall–Kier alpha value is -2.38. The van der Waals surface area contributed by atoms with Crippen molar-refractivity contribution in [3.63, 3.8) is 0 Å². The monoisotopic (exact) mass is 445 g/mol. The number of hydrogen-bond acceptors (Lipinski definition) is 6. The molecule has 4 rings (SSSR count). The number of hydroxylamine groups is 1. The average Bonchev–Trinajstić information content (AvgIpc) is 3.24. The summed E-state index contributed by atoms with van der Waals surface area (Å²) in [5.41, 5.74) is 1.06. The van der Waals surface area contributed by atoms with Crippen molar-refractivity contribution < 1.29 is 23.9 Å². The fourth-order valence-corrected chi connectivity index (χ4v) is 4.65. The van der Waals surface area contributed by atoms with Crippen LogP contribution in [0.1, 0.15) is 11.6 Å². The molecule has 2 fully saturated rings. The fraction of sp³-hybridized carbons (Fsp3) is 0.333. The normalized spacial score (nSPS) is 28.2. The number of carbonyl (C=O) groups is 2. The predicted molar refractivity (Wildman–Crippen MR) is 105 cm³/mol. The number of rotatable bonds is 4. The van der Waals surface area contributed by atoms with Crippen LogP contribution in [-0.2, 0) is 23.9 Å². The molecule has 3 unspecified atom stereocenters. The number of nitrogens with zero attached hydrogens (tertiary/aromatic N) is 1. The van der Waals surface area contributed by atoms with Crippen molar-refractivity contribution in [2.45, 2.75) is 6.04 Å². The lowest BCUT2D eigenvalue weighted by molar-refractivity contribution is -0.148. The van der Waals surface area contributed by atoms with Crippen LogP contribution in [0, 0.1) is 17.3 Å². The molecule has 1 aliphatic heterocycles. The average molecular weight is 446 g/mol. The number of carbonyl (C=O) groups excluding carboxylic acids is 2. The van der Waals surface area contributed by atoms with Crippen LogP contribution in [0.2, 0.25) is 0 Å². The van der Waals surface area contributed by atoms with Crippen LogP contribution in [0.4, 0.5) is 5.69 Å². The summed E-state index contributed by atoms with van der Waals surface area (Å²) in [7, 11) is 2.67. The lowest BCUT2D eigenvalue weighted by Gasteiger charge is -2.28. The number of esters is 2. The second-order valence-corrected chi connectivity index (χ2v) is 7.92. The molecule has 0 N–H and O–H groups in total. The van der Waals surface area contributed by atoms with E-state index in [0.717, 1.165) is 15.7 Å². The van der Waals surface area contributed by atoms with Gasteiger partial charge in [-0.05, 0) is 29.8 Å². The molecule has 3 atom stereocenters. The Morgan fingerprint density at radius 3 is 2.11 bits per heavy atom. The summed E-state index contributed by atoms with van der Waals surface area (Å²) in [6.45, 7) is 0.224. The molecule has 146 valence electrons. The number of ether oxygens (including phenoxy) is 2. The van der Waals surface area contributed by atoms with Gasteiger partial charge in [-0.1, -0.05) is 46.3 Å². The largest absolute Gasteiger partial charge is 0.469 e. The number of anilines is 1. The van der Waals surface area contributed by atoms with Gasteiger partial charge in [0.15, 0.2) is 0 Å². The Morgan fingerprint density at radius 2 is 1.57 bits per heavy atom. The maximum Gasteiger partial charge on any atom is 0.310 e. The first kappa shape index (κ1) is 19.0. The molecule has 1 aliphatic carbocycles. The molecule has 6 nitrogen and oxygen atoms in total. The van der Waals surface area contributed by atoms with E-state index in [9.17, 15) is 9.59 Å². The summed E-state index contributed by atoms with van der Waals surface area (Å²) in [5, 5.41) is 1.79. The van der Waals surface area contributed by atoms with E-state index in [1.54, 1.807) is 5.06 Å². The van der Waals surface area contributed by atoms with E-state index >= 15 is 0 Å². The van der Waals surface area contributed by atoms with E-state index in [1.807, 2.05) is 54.6 Å². The molecular weight excluding hydrogens is 426 g/mol. The summed E-state index contributed by atoms with van der Waals surface area (Å²) in [6, 6.07) is 17.1. The molecule has 2 aliphatic rings. The van der Waals surface area contributed by atoms with E-state index in [1.165, 1.54) is 14.2 Å². The third-order valence-corrected chi connectivity index (χ3v) is 6.21. The van der Waals surface area contributed by atoms with Crippen molar-refractivity contribution in [2.24, 2.45) is 17.3 Å². The van der Waals surface area contributed by atoms with Crippen molar-refractivity contribution in [3.8, 4) is 0 Å². The first-order valence-corrected chi connectivity index (χ1v) is 9.72. The van der Waals surface area contributed by atoms with Gasteiger partial charge in [-0.2, -0.15) is 0 Å². The minimum Gasteiger partial charge on any atom is -0.469 e. The highest BCUT2D eigenvalue weighted by Gasteiger charge is 2.79. The summed E-state index contributed by atoms with van der Waals surface area (Å²) in [5.74, 6) is -2.08. The highest BCUT2D eigenvalue weighted by molar-refractivity contribution is 9.10. The summed E-state index contributed by atoms with van der Waals surface area (Å²) in [4.78, 5) is 31.1. The second-order valence-electron chi connectivity index (χ2n) is 7.00. The van der Waals surface area contributed by atoms with E-state index in [0.29, 0.717) is 0 Å². The van der Waals surface area contributed by atoms with Gasteiger partial charge in [0.1, 0.15) is 0 Å². The number of halogens is 1. The van der Waals surface area contributed by atoms with Gasteiger partial charge < -0.3 is 9.47 Å². The third-order valence-electron chi connectivity index (χ3n) is 5.69. The Bertz CT molecular complexity index is 863.